The van der Waals surface area contributed by atoms with Gasteiger partial charge in [0, 0.05) is 34.1 Å². The molecule has 7 aromatic rings. The van der Waals surface area contributed by atoms with Crippen molar-refractivity contribution in [3.05, 3.63) is 197 Å². The van der Waals surface area contributed by atoms with Crippen molar-refractivity contribution in [1.29, 1.82) is 0 Å². The highest BCUT2D eigenvalue weighted by Gasteiger charge is 2.43. The molecule has 2 nitrogen and oxygen atoms in total. The molecule has 0 saturated carbocycles. The molecule has 0 spiro atoms. The van der Waals surface area contributed by atoms with Gasteiger partial charge in [0.2, 0.25) is 0 Å². The van der Waals surface area contributed by atoms with Gasteiger partial charge in [-0.1, -0.05) is 157 Å². The first-order valence-electron chi connectivity index (χ1n) is 19.8. The number of nitrogens with zero attached hydrogens (tertiary/aromatic N) is 2. The van der Waals surface area contributed by atoms with Gasteiger partial charge in [0.1, 0.15) is 0 Å². The minimum Gasteiger partial charge on any atom is -0.311 e. The van der Waals surface area contributed by atoms with Crippen LogP contribution in [-0.2, 0) is 23.7 Å². The van der Waals surface area contributed by atoms with Crippen LogP contribution in [0.3, 0.4) is 0 Å². The van der Waals surface area contributed by atoms with E-state index in [1.807, 2.05) is 0 Å². The third-order valence-electron chi connectivity index (χ3n) is 11.6. The minimum atomic E-state index is 0.0674. The first-order valence-corrected chi connectivity index (χ1v) is 19.8. The second-order valence-corrected chi connectivity index (χ2v) is 17.5. The molecule has 3 heteroatoms. The number of rotatable bonds is 6. The van der Waals surface area contributed by atoms with E-state index in [2.05, 4.69) is 215 Å². The van der Waals surface area contributed by atoms with Gasteiger partial charge in [0.05, 0.1) is 0 Å². The van der Waals surface area contributed by atoms with Crippen molar-refractivity contribution < 1.29 is 0 Å². The van der Waals surface area contributed by atoms with Crippen LogP contribution in [0.15, 0.2) is 164 Å². The number of hydrogen-bond acceptors (Lipinski definition) is 2. The second-order valence-electron chi connectivity index (χ2n) is 17.5. The second kappa shape index (κ2) is 13.5. The zero-order chi connectivity index (χ0) is 37.9. The first-order chi connectivity index (χ1) is 26.5. The van der Waals surface area contributed by atoms with Crippen molar-refractivity contribution in [1.82, 2.24) is 0 Å². The van der Waals surface area contributed by atoms with Gasteiger partial charge < -0.3 is 9.80 Å². The number of fused-ring (bicyclic) bond motifs is 4. The molecule has 9 rings (SSSR count). The van der Waals surface area contributed by atoms with Crippen LogP contribution in [0.25, 0.3) is 0 Å². The Morgan fingerprint density at radius 2 is 0.782 bits per heavy atom. The maximum atomic E-state index is 2.52. The summed E-state index contributed by atoms with van der Waals surface area (Å²) in [5.74, 6) is 0. The van der Waals surface area contributed by atoms with Crippen LogP contribution in [0.4, 0.5) is 34.1 Å². The Morgan fingerprint density at radius 1 is 0.382 bits per heavy atom. The monoisotopic (exact) mass is 712 g/mol. The van der Waals surface area contributed by atoms with Crippen LogP contribution in [0.5, 0.6) is 0 Å². The molecule has 0 amide bonds. The van der Waals surface area contributed by atoms with Gasteiger partial charge in [0.15, 0.2) is 0 Å². The molecule has 0 saturated heterocycles. The molecule has 55 heavy (non-hydrogen) atoms. The SMILES string of the molecule is CC(C)(C)c1ccc(N2c3ccc(Cc4ccccc4)cc3B3c4cc(Cc5ccccc5)ccc4N(c4ccc(C(C)(C)C)cc4)c4cccc2c43)cc1. The molecule has 0 unspecified atom stereocenters. The Labute approximate surface area is 328 Å². The molecule has 2 heterocycles. The summed E-state index contributed by atoms with van der Waals surface area (Å²) in [6.45, 7) is 13.8. The third-order valence-corrected chi connectivity index (χ3v) is 11.6. The Balaban J connectivity index is 1.28. The van der Waals surface area contributed by atoms with E-state index < -0.39 is 0 Å². The largest absolute Gasteiger partial charge is 0.311 e. The third kappa shape index (κ3) is 6.46. The maximum absolute atomic E-state index is 2.52. The van der Waals surface area contributed by atoms with Crippen molar-refractivity contribution in [2.75, 3.05) is 9.80 Å². The molecule has 0 aromatic heterocycles. The summed E-state index contributed by atoms with van der Waals surface area (Å²) < 4.78 is 0. The average Bonchev–Trinajstić information content (AvgIpc) is 3.18. The zero-order valence-corrected chi connectivity index (χ0v) is 33.0. The van der Waals surface area contributed by atoms with E-state index in [4.69, 9.17) is 0 Å². The first kappa shape index (κ1) is 34.9. The lowest BCUT2D eigenvalue weighted by atomic mass is 9.33. The number of anilines is 6. The zero-order valence-electron chi connectivity index (χ0n) is 33.0. The lowest BCUT2D eigenvalue weighted by Crippen LogP contribution is -2.61. The normalized spacial score (nSPS) is 13.3. The summed E-state index contributed by atoms with van der Waals surface area (Å²) in [6.07, 6.45) is 1.78. The highest BCUT2D eigenvalue weighted by molar-refractivity contribution is 7.00. The summed E-state index contributed by atoms with van der Waals surface area (Å²) in [7, 11) is 0. The van der Waals surface area contributed by atoms with Crippen molar-refractivity contribution in [3.8, 4) is 0 Å². The van der Waals surface area contributed by atoms with E-state index in [1.165, 1.54) is 83.9 Å². The van der Waals surface area contributed by atoms with E-state index in [9.17, 15) is 0 Å². The van der Waals surface area contributed by atoms with Crippen LogP contribution >= 0.6 is 0 Å². The molecular weight excluding hydrogens is 663 g/mol. The molecule has 2 aliphatic heterocycles. The predicted octanol–water partition coefficient (Wildman–Crippen LogP) is 11.5. The summed E-state index contributed by atoms with van der Waals surface area (Å²) in [4.78, 5) is 5.03. The Bertz CT molecular complexity index is 2320. The van der Waals surface area contributed by atoms with Crippen LogP contribution in [0.1, 0.15) is 74.9 Å². The fourth-order valence-electron chi connectivity index (χ4n) is 8.70. The molecule has 7 aromatic carbocycles. The standard InChI is InChI=1S/C52H49BN2/c1-51(2,3)40-22-26-42(27-23-40)54-46-30-20-38(32-36-14-9-7-10-15-36)34-44(46)53-45-35-39(33-37-16-11-8-12-17-37)21-31-47(45)55(49-19-13-18-48(54)50(49)53)43-28-24-41(25-29-43)52(4,5)6/h7-31,34-35H,32-33H2,1-6H3. The van der Waals surface area contributed by atoms with Gasteiger partial charge in [-0.15, -0.1) is 0 Å². The predicted molar refractivity (Wildman–Crippen MR) is 236 cm³/mol. The summed E-state index contributed by atoms with van der Waals surface area (Å²) >= 11 is 0. The average molecular weight is 713 g/mol. The molecular formula is C52H49BN2. The highest BCUT2D eigenvalue weighted by Crippen LogP contribution is 2.44. The van der Waals surface area contributed by atoms with Crippen molar-refractivity contribution in [2.24, 2.45) is 0 Å². The van der Waals surface area contributed by atoms with Gasteiger partial charge in [-0.25, -0.2) is 0 Å². The van der Waals surface area contributed by atoms with E-state index in [1.54, 1.807) is 0 Å². The molecule has 0 N–H and O–H groups in total. The molecule has 0 atom stereocenters. The van der Waals surface area contributed by atoms with Crippen LogP contribution in [0, 0.1) is 0 Å². The van der Waals surface area contributed by atoms with E-state index in [-0.39, 0.29) is 17.5 Å². The fourth-order valence-corrected chi connectivity index (χ4v) is 8.70. The molecule has 0 aliphatic carbocycles. The lowest BCUT2D eigenvalue weighted by molar-refractivity contribution is 0.590. The summed E-state index contributed by atoms with van der Waals surface area (Å²) in [6, 6.07) is 61.7. The van der Waals surface area contributed by atoms with Gasteiger partial charge in [-0.3, -0.25) is 0 Å². The molecule has 2 aliphatic rings. The van der Waals surface area contributed by atoms with Crippen molar-refractivity contribution >= 4 is 57.2 Å². The summed E-state index contributed by atoms with van der Waals surface area (Å²) in [5.41, 5.74) is 19.5. The van der Waals surface area contributed by atoms with Crippen LogP contribution in [-0.4, -0.2) is 6.71 Å². The van der Waals surface area contributed by atoms with Crippen LogP contribution < -0.4 is 26.2 Å². The smallest absolute Gasteiger partial charge is 0.252 e. The molecule has 0 fully saturated rings. The Morgan fingerprint density at radius 3 is 1.16 bits per heavy atom. The van der Waals surface area contributed by atoms with Crippen LogP contribution in [0.2, 0.25) is 0 Å². The van der Waals surface area contributed by atoms with E-state index in [0.717, 1.165) is 12.8 Å². The lowest BCUT2D eigenvalue weighted by Gasteiger charge is -2.44. The fraction of sp³-hybridized carbons (Fsp3) is 0.192. The van der Waals surface area contributed by atoms with Gasteiger partial charge >= 0.3 is 0 Å². The van der Waals surface area contributed by atoms with Gasteiger partial charge in [-0.05, 0) is 122 Å². The highest BCUT2D eigenvalue weighted by atomic mass is 15.2. The Hall–Kier alpha value is -5.80. The quantitative estimate of drug-likeness (QED) is 0.158. The molecule has 0 bridgehead atoms. The summed E-state index contributed by atoms with van der Waals surface area (Å²) in [5, 5.41) is 0. The topological polar surface area (TPSA) is 6.48 Å². The number of benzene rings is 7. The minimum absolute atomic E-state index is 0.0674. The van der Waals surface area contributed by atoms with E-state index >= 15 is 0 Å². The molecule has 0 radical (unpaired) electrons. The van der Waals surface area contributed by atoms with E-state index in [0.29, 0.717) is 0 Å². The van der Waals surface area contributed by atoms with Crippen molar-refractivity contribution in [2.45, 2.75) is 65.2 Å². The van der Waals surface area contributed by atoms with Gasteiger partial charge in [-0.2, -0.15) is 0 Å². The van der Waals surface area contributed by atoms with Gasteiger partial charge in [0.25, 0.3) is 6.71 Å². The Kier molecular flexibility index (Phi) is 8.58. The number of hydrogen-bond donors (Lipinski definition) is 0. The molecule has 270 valence electrons. The maximum Gasteiger partial charge on any atom is 0.252 e. The van der Waals surface area contributed by atoms with Crippen molar-refractivity contribution in [3.63, 3.8) is 0 Å².